The highest BCUT2D eigenvalue weighted by Crippen LogP contribution is 1.88. The largest absolute Gasteiger partial charge is 0.393 e. The van der Waals surface area contributed by atoms with Crippen molar-refractivity contribution in [1.29, 1.82) is 0 Å². The van der Waals surface area contributed by atoms with E-state index in [0.717, 1.165) is 0 Å². The van der Waals surface area contributed by atoms with Crippen molar-refractivity contribution >= 4 is 0 Å². The Labute approximate surface area is 42.5 Å². The zero-order chi connectivity index (χ0) is 5.70. The third kappa shape index (κ3) is 3.72. The summed E-state index contributed by atoms with van der Waals surface area (Å²) in [5.41, 5.74) is 0. The topological polar surface area (TPSA) is 49.7 Å². The lowest BCUT2D eigenvalue weighted by Gasteiger charge is -2.00. The van der Waals surface area contributed by atoms with Crippen LogP contribution in [0.4, 0.5) is 0 Å². The monoisotopic (exact) mass is 105 g/mol. The molecule has 0 aliphatic carbocycles. The summed E-state index contributed by atoms with van der Waals surface area (Å²) in [5, 5.41) is 16.5. The van der Waals surface area contributed by atoms with E-state index in [0.29, 0.717) is 0 Å². The Balaban J connectivity index is 2.83. The van der Waals surface area contributed by atoms with Crippen LogP contribution in [0.25, 0.3) is 0 Å². The molecule has 0 aliphatic heterocycles. The Kier molecular flexibility index (Phi) is 3.98. The molecule has 0 bridgehead atoms. The van der Waals surface area contributed by atoms with Gasteiger partial charge in [0.15, 0.2) is 0 Å². The number of ether oxygens (including phenoxy) is 1. The van der Waals surface area contributed by atoms with E-state index >= 15 is 0 Å². The Morgan fingerprint density at radius 3 is 2.43 bits per heavy atom. The van der Waals surface area contributed by atoms with Crippen LogP contribution >= 0.6 is 0 Å². The van der Waals surface area contributed by atoms with Gasteiger partial charge in [-0.25, -0.2) is 0 Å². The lowest BCUT2D eigenvalue weighted by molar-refractivity contribution is 0.0986. The lowest BCUT2D eigenvalue weighted by Crippen LogP contribution is -2.08. The van der Waals surface area contributed by atoms with E-state index in [1.54, 1.807) is 0 Å². The lowest BCUT2D eigenvalue weighted by atomic mass is 10.4. The number of methoxy groups -OCH3 is 1. The van der Waals surface area contributed by atoms with Crippen LogP contribution in [0.2, 0.25) is 0 Å². The summed E-state index contributed by atoms with van der Waals surface area (Å²) >= 11 is 0. The smallest absolute Gasteiger partial charge is 0.144 e. The normalized spacial score (nSPS) is 10.3. The highest BCUT2D eigenvalue weighted by Gasteiger charge is 1.98. The van der Waals surface area contributed by atoms with Gasteiger partial charge in [0.05, 0.1) is 13.2 Å². The zero-order valence-electron chi connectivity index (χ0n) is 4.22. The molecule has 0 heterocycles. The zero-order valence-corrected chi connectivity index (χ0v) is 4.22. The molecule has 0 aromatic rings. The van der Waals surface area contributed by atoms with Gasteiger partial charge in [-0.05, 0) is 0 Å². The molecule has 0 fully saturated rings. The summed E-state index contributed by atoms with van der Waals surface area (Å²) in [6.07, 6.45) is -0.0394. The highest BCUT2D eigenvalue weighted by atomic mass is 16.5. The van der Waals surface area contributed by atoms with Crippen LogP contribution in [0.15, 0.2) is 0 Å². The Morgan fingerprint density at radius 1 is 1.71 bits per heavy atom. The van der Waals surface area contributed by atoms with Crippen molar-refractivity contribution in [3.05, 3.63) is 6.10 Å². The van der Waals surface area contributed by atoms with Gasteiger partial charge in [0.2, 0.25) is 0 Å². The maximum atomic E-state index is 8.40. The van der Waals surface area contributed by atoms with Crippen LogP contribution in [-0.4, -0.2) is 30.5 Å². The maximum absolute atomic E-state index is 8.40. The van der Waals surface area contributed by atoms with Gasteiger partial charge in [-0.15, -0.1) is 0 Å². The molecule has 3 nitrogen and oxygen atoms in total. The summed E-state index contributed by atoms with van der Waals surface area (Å²) < 4.78 is 4.45. The molecular weight excluding hydrogens is 96.0 g/mol. The molecule has 0 saturated carbocycles. The standard InChI is InChI=1S/C4H9O3/c1-7-3-4(6)2-5/h5-6H,2-3H2,1H3. The van der Waals surface area contributed by atoms with Gasteiger partial charge in [-0.1, -0.05) is 0 Å². The molecule has 0 spiro atoms. The summed E-state index contributed by atoms with van der Waals surface area (Å²) in [4.78, 5) is 0. The first-order valence-electron chi connectivity index (χ1n) is 1.94. The molecule has 3 heteroatoms. The van der Waals surface area contributed by atoms with Crippen LogP contribution in [0.3, 0.4) is 0 Å². The van der Waals surface area contributed by atoms with E-state index in [2.05, 4.69) is 4.74 Å². The predicted molar refractivity (Wildman–Crippen MR) is 24.1 cm³/mol. The van der Waals surface area contributed by atoms with Crippen LogP contribution in [-0.2, 0) is 4.74 Å². The van der Waals surface area contributed by atoms with E-state index < -0.39 is 0 Å². The predicted octanol–water partition coefficient (Wildman–Crippen LogP) is -0.470. The molecular formula is C4H9O3. The first kappa shape index (κ1) is 6.88. The number of hydrogen-bond acceptors (Lipinski definition) is 3. The molecule has 0 aromatic heterocycles. The maximum Gasteiger partial charge on any atom is 0.144 e. The molecule has 1 radical (unpaired) electrons. The molecule has 0 amide bonds. The summed E-state index contributed by atoms with van der Waals surface area (Å²) in [7, 11) is 1.45. The van der Waals surface area contributed by atoms with Crippen molar-refractivity contribution in [2.24, 2.45) is 0 Å². The minimum Gasteiger partial charge on any atom is -0.393 e. The van der Waals surface area contributed by atoms with Crippen LogP contribution in [0.1, 0.15) is 0 Å². The molecule has 0 atom stereocenters. The van der Waals surface area contributed by atoms with E-state index in [4.69, 9.17) is 10.2 Å². The van der Waals surface area contributed by atoms with Gasteiger partial charge in [0, 0.05) is 7.11 Å². The fourth-order valence-corrected chi connectivity index (χ4v) is 0.212. The SMILES string of the molecule is COC[C](O)CO. The molecule has 0 unspecified atom stereocenters. The number of hydrogen-bond donors (Lipinski definition) is 2. The van der Waals surface area contributed by atoms with Crippen molar-refractivity contribution in [1.82, 2.24) is 0 Å². The Hall–Kier alpha value is -0.120. The van der Waals surface area contributed by atoms with E-state index in [9.17, 15) is 0 Å². The third-order valence-electron chi connectivity index (χ3n) is 0.493. The minimum absolute atomic E-state index is 0.0394. The van der Waals surface area contributed by atoms with Gasteiger partial charge in [-0.3, -0.25) is 0 Å². The molecule has 0 aliphatic rings. The van der Waals surface area contributed by atoms with Crippen molar-refractivity contribution in [2.45, 2.75) is 0 Å². The van der Waals surface area contributed by atoms with Gasteiger partial charge < -0.3 is 14.9 Å². The van der Waals surface area contributed by atoms with Crippen molar-refractivity contribution < 1.29 is 14.9 Å². The number of rotatable bonds is 3. The van der Waals surface area contributed by atoms with Crippen LogP contribution in [0.5, 0.6) is 0 Å². The van der Waals surface area contributed by atoms with E-state index in [1.807, 2.05) is 0 Å². The second kappa shape index (κ2) is 4.05. The molecule has 43 valence electrons. The van der Waals surface area contributed by atoms with Crippen molar-refractivity contribution in [3.63, 3.8) is 0 Å². The average molecular weight is 105 g/mol. The molecule has 2 N–H and O–H groups in total. The summed E-state index contributed by atoms with van der Waals surface area (Å²) in [5.74, 6) is 0. The Bertz CT molecular complexity index is 37.9. The number of aliphatic hydroxyl groups is 2. The quantitative estimate of drug-likeness (QED) is 0.510. The van der Waals surface area contributed by atoms with E-state index in [-0.39, 0.29) is 19.3 Å². The number of aliphatic hydroxyl groups excluding tert-OH is 2. The average Bonchev–Trinajstić information content (AvgIpc) is 1.68. The fourth-order valence-electron chi connectivity index (χ4n) is 0.212. The van der Waals surface area contributed by atoms with Crippen LogP contribution in [0, 0.1) is 6.10 Å². The van der Waals surface area contributed by atoms with E-state index in [1.165, 1.54) is 7.11 Å². The molecule has 0 aromatic carbocycles. The summed E-state index contributed by atoms with van der Waals surface area (Å²) in [6.45, 7) is -0.190. The van der Waals surface area contributed by atoms with Gasteiger partial charge in [0.1, 0.15) is 6.10 Å². The first-order chi connectivity index (χ1) is 3.31. The van der Waals surface area contributed by atoms with Crippen molar-refractivity contribution in [3.8, 4) is 0 Å². The Morgan fingerprint density at radius 2 is 2.29 bits per heavy atom. The highest BCUT2D eigenvalue weighted by molar-refractivity contribution is 4.71. The second-order valence-corrected chi connectivity index (χ2v) is 1.16. The van der Waals surface area contributed by atoms with Gasteiger partial charge in [0.25, 0.3) is 0 Å². The van der Waals surface area contributed by atoms with Gasteiger partial charge in [-0.2, -0.15) is 0 Å². The summed E-state index contributed by atoms with van der Waals surface area (Å²) in [6, 6.07) is 0. The third-order valence-corrected chi connectivity index (χ3v) is 0.493. The van der Waals surface area contributed by atoms with Gasteiger partial charge >= 0.3 is 0 Å². The molecule has 7 heavy (non-hydrogen) atoms. The molecule has 0 saturated heterocycles. The second-order valence-electron chi connectivity index (χ2n) is 1.16. The minimum atomic E-state index is -0.312. The molecule has 0 rings (SSSR count). The fraction of sp³-hybridized carbons (Fsp3) is 0.750. The van der Waals surface area contributed by atoms with Crippen LogP contribution < -0.4 is 0 Å². The van der Waals surface area contributed by atoms with Crippen molar-refractivity contribution in [2.75, 3.05) is 20.3 Å². The first-order valence-corrected chi connectivity index (χ1v) is 1.94.